The molecule has 190 valence electrons. The zero-order chi connectivity index (χ0) is 25.5. The number of likely N-dealkylation sites (tertiary alicyclic amines) is 1. The molecule has 4 nitrogen and oxygen atoms in total. The molecule has 1 aliphatic heterocycles. The van der Waals surface area contributed by atoms with Gasteiger partial charge in [-0.05, 0) is 92.3 Å². The van der Waals surface area contributed by atoms with Gasteiger partial charge in [-0.3, -0.25) is 4.79 Å². The van der Waals surface area contributed by atoms with Crippen molar-refractivity contribution in [3.05, 3.63) is 99.5 Å². The smallest absolute Gasteiger partial charge is 0.253 e. The molecule has 1 aliphatic rings. The van der Waals surface area contributed by atoms with Gasteiger partial charge in [-0.25, -0.2) is 0 Å². The standard InChI is InChI=1S/C30H34Cl2N2O2/c1-33(30(35)24-6-4-3-5-7-24)21-26(25-10-13-28(31)29(32)20-25)16-19-34-17-14-23(15-18-34)22-8-11-27(36-2)12-9-22/h3-13,20,23,26H,14-19,21H2,1-2H3. The van der Waals surface area contributed by atoms with Crippen LogP contribution in [0.3, 0.4) is 0 Å². The van der Waals surface area contributed by atoms with Gasteiger partial charge in [0.2, 0.25) is 0 Å². The second kappa shape index (κ2) is 12.6. The molecule has 0 bridgehead atoms. The average Bonchev–Trinajstić information content (AvgIpc) is 2.93. The number of ether oxygens (including phenoxy) is 1. The monoisotopic (exact) mass is 524 g/mol. The predicted octanol–water partition coefficient (Wildman–Crippen LogP) is 7.13. The van der Waals surface area contributed by atoms with Crippen molar-refractivity contribution in [3.63, 3.8) is 0 Å². The van der Waals surface area contributed by atoms with E-state index in [-0.39, 0.29) is 11.8 Å². The number of likely N-dealkylation sites (N-methyl/N-ethyl adjacent to an activating group) is 1. The summed E-state index contributed by atoms with van der Waals surface area (Å²) in [5.41, 5.74) is 3.21. The lowest BCUT2D eigenvalue weighted by Crippen LogP contribution is -2.36. The number of hydrogen-bond donors (Lipinski definition) is 0. The van der Waals surface area contributed by atoms with Gasteiger partial charge in [-0.1, -0.05) is 59.6 Å². The van der Waals surface area contributed by atoms with E-state index in [1.807, 2.05) is 60.5 Å². The van der Waals surface area contributed by atoms with E-state index < -0.39 is 0 Å². The molecule has 4 rings (SSSR count). The Morgan fingerprint density at radius 3 is 2.33 bits per heavy atom. The number of nitrogens with zero attached hydrogens (tertiary/aromatic N) is 2. The first-order valence-electron chi connectivity index (χ1n) is 12.6. The van der Waals surface area contributed by atoms with E-state index in [2.05, 4.69) is 29.2 Å². The Kier molecular flexibility index (Phi) is 9.30. The summed E-state index contributed by atoms with van der Waals surface area (Å²) in [4.78, 5) is 17.4. The van der Waals surface area contributed by atoms with Crippen LogP contribution in [0, 0.1) is 0 Å². The number of amides is 1. The molecule has 0 saturated carbocycles. The molecule has 6 heteroatoms. The highest BCUT2D eigenvalue weighted by atomic mass is 35.5. The van der Waals surface area contributed by atoms with Crippen molar-refractivity contribution in [1.29, 1.82) is 0 Å². The summed E-state index contributed by atoms with van der Waals surface area (Å²) in [5.74, 6) is 1.69. The zero-order valence-corrected chi connectivity index (χ0v) is 22.5. The minimum absolute atomic E-state index is 0.0287. The summed E-state index contributed by atoms with van der Waals surface area (Å²) in [7, 11) is 3.58. The molecule has 0 radical (unpaired) electrons. The topological polar surface area (TPSA) is 32.8 Å². The van der Waals surface area contributed by atoms with Crippen LogP contribution in [0.25, 0.3) is 0 Å². The second-order valence-electron chi connectivity index (χ2n) is 9.60. The van der Waals surface area contributed by atoms with Crippen LogP contribution in [-0.4, -0.2) is 56.0 Å². The molecule has 36 heavy (non-hydrogen) atoms. The van der Waals surface area contributed by atoms with E-state index in [1.165, 1.54) is 5.56 Å². The highest BCUT2D eigenvalue weighted by Crippen LogP contribution is 2.32. The molecule has 1 fully saturated rings. The highest BCUT2D eigenvalue weighted by molar-refractivity contribution is 6.42. The van der Waals surface area contributed by atoms with Crippen LogP contribution >= 0.6 is 23.2 Å². The first kappa shape index (κ1) is 26.5. The van der Waals surface area contributed by atoms with E-state index in [1.54, 1.807) is 7.11 Å². The molecule has 0 aliphatic carbocycles. The van der Waals surface area contributed by atoms with E-state index in [4.69, 9.17) is 27.9 Å². The van der Waals surface area contributed by atoms with Gasteiger partial charge in [0.15, 0.2) is 0 Å². The molecule has 1 saturated heterocycles. The van der Waals surface area contributed by atoms with Crippen molar-refractivity contribution >= 4 is 29.1 Å². The largest absolute Gasteiger partial charge is 0.497 e. The van der Waals surface area contributed by atoms with Gasteiger partial charge in [0.1, 0.15) is 5.75 Å². The van der Waals surface area contributed by atoms with Gasteiger partial charge in [-0.2, -0.15) is 0 Å². The van der Waals surface area contributed by atoms with E-state index >= 15 is 0 Å². The Labute approximate surface area is 224 Å². The zero-order valence-electron chi connectivity index (χ0n) is 21.0. The van der Waals surface area contributed by atoms with Gasteiger partial charge >= 0.3 is 0 Å². The van der Waals surface area contributed by atoms with Crippen LogP contribution < -0.4 is 4.74 Å². The fourth-order valence-corrected chi connectivity index (χ4v) is 5.36. The molecule has 1 heterocycles. The molecule has 3 aromatic carbocycles. The fraction of sp³-hybridized carbons (Fsp3) is 0.367. The van der Waals surface area contributed by atoms with Gasteiger partial charge in [0.05, 0.1) is 17.2 Å². The lowest BCUT2D eigenvalue weighted by atomic mass is 9.88. The predicted molar refractivity (Wildman–Crippen MR) is 149 cm³/mol. The molecular weight excluding hydrogens is 491 g/mol. The van der Waals surface area contributed by atoms with Crippen LogP contribution in [0.4, 0.5) is 0 Å². The van der Waals surface area contributed by atoms with Crippen molar-refractivity contribution in [1.82, 2.24) is 9.80 Å². The minimum atomic E-state index is 0.0287. The number of carbonyl (C=O) groups is 1. The van der Waals surface area contributed by atoms with Crippen molar-refractivity contribution < 1.29 is 9.53 Å². The number of piperidine rings is 1. The molecular formula is C30H34Cl2N2O2. The van der Waals surface area contributed by atoms with Gasteiger partial charge in [0.25, 0.3) is 5.91 Å². The third-order valence-corrected chi connectivity index (χ3v) is 7.98. The summed E-state index contributed by atoms with van der Waals surface area (Å²) >= 11 is 12.6. The molecule has 1 atom stereocenters. The van der Waals surface area contributed by atoms with Gasteiger partial charge in [-0.15, -0.1) is 0 Å². The lowest BCUT2D eigenvalue weighted by Gasteiger charge is -2.34. The van der Waals surface area contributed by atoms with Crippen molar-refractivity contribution in [3.8, 4) is 5.75 Å². The molecule has 0 aromatic heterocycles. The summed E-state index contributed by atoms with van der Waals surface area (Å²) in [6.45, 7) is 3.74. The maximum absolute atomic E-state index is 13.0. The first-order valence-corrected chi connectivity index (χ1v) is 13.3. The van der Waals surface area contributed by atoms with Crippen molar-refractivity contribution in [2.45, 2.75) is 31.1 Å². The number of carbonyl (C=O) groups excluding carboxylic acids is 1. The van der Waals surface area contributed by atoms with Gasteiger partial charge < -0.3 is 14.5 Å². The second-order valence-corrected chi connectivity index (χ2v) is 10.4. The molecule has 1 unspecified atom stereocenters. The highest BCUT2D eigenvalue weighted by Gasteiger charge is 2.24. The lowest BCUT2D eigenvalue weighted by molar-refractivity contribution is 0.0781. The Hall–Kier alpha value is -2.53. The number of hydrogen-bond acceptors (Lipinski definition) is 3. The normalized spacial score (nSPS) is 15.4. The average molecular weight is 526 g/mol. The Balaban J connectivity index is 1.38. The van der Waals surface area contributed by atoms with Crippen LogP contribution in [-0.2, 0) is 0 Å². The molecule has 3 aromatic rings. The van der Waals surface area contributed by atoms with Crippen LogP contribution in [0.5, 0.6) is 5.75 Å². The maximum atomic E-state index is 13.0. The number of methoxy groups -OCH3 is 1. The van der Waals surface area contributed by atoms with Gasteiger partial charge in [0, 0.05) is 25.1 Å². The van der Waals surface area contributed by atoms with E-state index in [0.29, 0.717) is 28.1 Å². The van der Waals surface area contributed by atoms with Crippen LogP contribution in [0.15, 0.2) is 72.8 Å². The summed E-state index contributed by atoms with van der Waals surface area (Å²) in [5, 5.41) is 1.10. The molecule has 0 spiro atoms. The minimum Gasteiger partial charge on any atom is -0.497 e. The van der Waals surface area contributed by atoms with E-state index in [9.17, 15) is 4.79 Å². The number of benzene rings is 3. The Morgan fingerprint density at radius 1 is 1.00 bits per heavy atom. The SMILES string of the molecule is COc1ccc(C2CCN(CCC(CN(C)C(=O)c3ccccc3)c3ccc(Cl)c(Cl)c3)CC2)cc1. The third kappa shape index (κ3) is 6.82. The Morgan fingerprint density at radius 2 is 1.69 bits per heavy atom. The van der Waals surface area contributed by atoms with E-state index in [0.717, 1.165) is 50.2 Å². The number of halogens is 2. The quantitative estimate of drug-likeness (QED) is 0.298. The fourth-order valence-electron chi connectivity index (χ4n) is 5.05. The Bertz CT molecular complexity index is 1130. The van der Waals surface area contributed by atoms with Crippen LogP contribution in [0.1, 0.15) is 52.6 Å². The summed E-state index contributed by atoms with van der Waals surface area (Å²) < 4.78 is 5.30. The van der Waals surface area contributed by atoms with Crippen molar-refractivity contribution in [2.24, 2.45) is 0 Å². The maximum Gasteiger partial charge on any atom is 0.253 e. The molecule has 1 amide bonds. The molecule has 0 N–H and O–H groups in total. The summed E-state index contributed by atoms with van der Waals surface area (Å²) in [6.07, 6.45) is 3.24. The van der Waals surface area contributed by atoms with Crippen LogP contribution in [0.2, 0.25) is 10.0 Å². The summed E-state index contributed by atoms with van der Waals surface area (Å²) in [6, 6.07) is 23.8. The third-order valence-electron chi connectivity index (χ3n) is 7.25. The number of rotatable bonds is 9. The van der Waals surface area contributed by atoms with Crippen molar-refractivity contribution in [2.75, 3.05) is 40.3 Å². The first-order chi connectivity index (χ1) is 17.4.